The van der Waals surface area contributed by atoms with Crippen LogP contribution in [0.15, 0.2) is 18.2 Å². The van der Waals surface area contributed by atoms with Crippen LogP contribution in [0, 0.1) is 5.92 Å². The van der Waals surface area contributed by atoms with Crippen LogP contribution in [-0.4, -0.2) is 41.4 Å². The molecule has 6 heteroatoms. The van der Waals surface area contributed by atoms with Gasteiger partial charge in [0.1, 0.15) is 0 Å². The maximum Gasteiger partial charge on any atom is 0.224 e. The second-order valence-electron chi connectivity index (χ2n) is 7.73. The Kier molecular flexibility index (Phi) is 8.63. The Morgan fingerprint density at radius 1 is 1.15 bits per heavy atom. The number of rotatable bonds is 7. The molecule has 3 nitrogen and oxygen atoms in total. The van der Waals surface area contributed by atoms with E-state index in [0.717, 1.165) is 55.6 Å². The summed E-state index contributed by atoms with van der Waals surface area (Å²) in [5.74, 6) is 1.34. The van der Waals surface area contributed by atoms with Gasteiger partial charge in [0.15, 0.2) is 0 Å². The Bertz CT molecular complexity index is 622. The van der Waals surface area contributed by atoms with E-state index >= 15 is 0 Å². The lowest BCUT2D eigenvalue weighted by atomic mass is 9.96. The molecule has 1 aliphatic heterocycles. The zero-order chi connectivity index (χ0) is 19.1. The van der Waals surface area contributed by atoms with Crippen LogP contribution in [0.1, 0.15) is 50.5 Å². The lowest BCUT2D eigenvalue weighted by Gasteiger charge is -2.32. The smallest absolute Gasteiger partial charge is 0.224 e. The third kappa shape index (κ3) is 6.85. The molecule has 1 atom stereocenters. The van der Waals surface area contributed by atoms with Gasteiger partial charge in [-0.05, 0) is 49.9 Å². The lowest BCUT2D eigenvalue weighted by molar-refractivity contribution is -0.126. The van der Waals surface area contributed by atoms with Crippen molar-refractivity contribution in [2.24, 2.45) is 5.92 Å². The maximum absolute atomic E-state index is 12.6. The van der Waals surface area contributed by atoms with E-state index in [1.54, 1.807) is 6.07 Å². The number of likely N-dealkylation sites (tertiary alicyclic amines) is 1. The van der Waals surface area contributed by atoms with Gasteiger partial charge in [-0.25, -0.2) is 0 Å². The Morgan fingerprint density at radius 2 is 1.96 bits per heavy atom. The van der Waals surface area contributed by atoms with Crippen molar-refractivity contribution in [1.82, 2.24) is 10.2 Å². The highest BCUT2D eigenvalue weighted by Gasteiger charge is 2.26. The van der Waals surface area contributed by atoms with Crippen molar-refractivity contribution in [3.05, 3.63) is 33.8 Å². The van der Waals surface area contributed by atoms with Crippen LogP contribution in [0.2, 0.25) is 10.0 Å². The number of benzene rings is 1. The first-order valence-electron chi connectivity index (χ1n) is 10.2. The fourth-order valence-corrected chi connectivity index (χ4v) is 5.77. The molecule has 3 rings (SSSR count). The fraction of sp³-hybridized carbons (Fsp3) is 0.667. The highest BCUT2D eigenvalue weighted by atomic mass is 35.5. The number of carbonyl (C=O) groups is 1. The summed E-state index contributed by atoms with van der Waals surface area (Å²) >= 11 is 14.3. The minimum atomic E-state index is 0.0875. The second kappa shape index (κ2) is 10.9. The number of amides is 1. The zero-order valence-electron chi connectivity index (χ0n) is 15.9. The van der Waals surface area contributed by atoms with Gasteiger partial charge in [-0.15, -0.1) is 0 Å². The monoisotopic (exact) mass is 428 g/mol. The van der Waals surface area contributed by atoms with E-state index in [9.17, 15) is 4.79 Å². The third-order valence-corrected chi connectivity index (χ3v) is 7.56. The summed E-state index contributed by atoms with van der Waals surface area (Å²) in [4.78, 5) is 14.9. The first kappa shape index (κ1) is 21.3. The minimum absolute atomic E-state index is 0.0875. The van der Waals surface area contributed by atoms with Gasteiger partial charge in [0.2, 0.25) is 5.91 Å². The molecule has 1 aromatic carbocycles. The molecule has 2 fully saturated rings. The van der Waals surface area contributed by atoms with Crippen molar-refractivity contribution < 1.29 is 4.79 Å². The fourth-order valence-electron chi connectivity index (χ4n) is 4.08. The third-order valence-electron chi connectivity index (χ3n) is 5.59. The SMILES string of the molecule is O=C(NCCSC1CCCCC1)C1CCCN(Cc2ccc(Cl)cc2Cl)C1. The van der Waals surface area contributed by atoms with Crippen LogP contribution >= 0.6 is 35.0 Å². The Hall–Kier alpha value is -0.420. The van der Waals surface area contributed by atoms with Gasteiger partial charge in [-0.1, -0.05) is 48.5 Å². The van der Waals surface area contributed by atoms with Gasteiger partial charge in [-0.3, -0.25) is 9.69 Å². The van der Waals surface area contributed by atoms with E-state index < -0.39 is 0 Å². The summed E-state index contributed by atoms with van der Waals surface area (Å²) in [6, 6.07) is 5.65. The van der Waals surface area contributed by atoms with Gasteiger partial charge < -0.3 is 5.32 Å². The molecule has 27 heavy (non-hydrogen) atoms. The standard InChI is InChI=1S/C21H30Cl2N2OS/c22-18-9-8-16(20(23)13-18)14-25-11-4-5-17(15-25)21(26)24-10-12-27-19-6-2-1-3-7-19/h8-9,13,17,19H,1-7,10-12,14-15H2,(H,24,26). The Balaban J connectivity index is 1.39. The van der Waals surface area contributed by atoms with Crippen LogP contribution < -0.4 is 5.32 Å². The average Bonchev–Trinajstić information content (AvgIpc) is 2.68. The topological polar surface area (TPSA) is 32.3 Å². The summed E-state index contributed by atoms with van der Waals surface area (Å²) in [7, 11) is 0. The molecule has 150 valence electrons. The van der Waals surface area contributed by atoms with Crippen LogP contribution in [-0.2, 0) is 11.3 Å². The van der Waals surface area contributed by atoms with E-state index in [1.165, 1.54) is 32.1 Å². The molecule has 1 saturated heterocycles. The molecule has 1 amide bonds. The molecular formula is C21H30Cl2N2OS. The largest absolute Gasteiger partial charge is 0.355 e. The summed E-state index contributed by atoms with van der Waals surface area (Å²) in [6.07, 6.45) is 8.88. The van der Waals surface area contributed by atoms with Gasteiger partial charge >= 0.3 is 0 Å². The quantitative estimate of drug-likeness (QED) is 0.590. The molecule has 1 aliphatic carbocycles. The van der Waals surface area contributed by atoms with Crippen molar-refractivity contribution >= 4 is 40.9 Å². The summed E-state index contributed by atoms with van der Waals surface area (Å²) < 4.78 is 0. The van der Waals surface area contributed by atoms with Crippen molar-refractivity contribution in [3.63, 3.8) is 0 Å². The number of carbonyl (C=O) groups excluding carboxylic acids is 1. The molecule has 1 unspecified atom stereocenters. The van der Waals surface area contributed by atoms with Gasteiger partial charge in [-0.2, -0.15) is 11.8 Å². The second-order valence-corrected chi connectivity index (χ2v) is 9.98. The van der Waals surface area contributed by atoms with Gasteiger partial charge in [0.05, 0.1) is 5.92 Å². The molecule has 0 spiro atoms. The molecule has 1 N–H and O–H groups in total. The number of piperidine rings is 1. The summed E-state index contributed by atoms with van der Waals surface area (Å²) in [5.41, 5.74) is 1.08. The average molecular weight is 429 g/mol. The number of nitrogens with one attached hydrogen (secondary N) is 1. The van der Waals surface area contributed by atoms with Gasteiger partial charge in [0, 0.05) is 40.7 Å². The first-order chi connectivity index (χ1) is 13.1. The van der Waals surface area contributed by atoms with Crippen LogP contribution in [0.5, 0.6) is 0 Å². The molecule has 0 aromatic heterocycles. The predicted octanol–water partition coefficient (Wildman–Crippen LogP) is 5.39. The van der Waals surface area contributed by atoms with Crippen LogP contribution in [0.25, 0.3) is 0 Å². The molecule has 1 heterocycles. The van der Waals surface area contributed by atoms with E-state index in [4.69, 9.17) is 23.2 Å². The zero-order valence-corrected chi connectivity index (χ0v) is 18.2. The summed E-state index contributed by atoms with van der Waals surface area (Å²) in [5, 5.41) is 5.34. The molecular weight excluding hydrogens is 399 g/mol. The molecule has 1 saturated carbocycles. The first-order valence-corrected chi connectivity index (χ1v) is 12.0. The van der Waals surface area contributed by atoms with Gasteiger partial charge in [0.25, 0.3) is 0 Å². The van der Waals surface area contributed by atoms with Crippen LogP contribution in [0.3, 0.4) is 0 Å². The Morgan fingerprint density at radius 3 is 2.74 bits per heavy atom. The van der Waals surface area contributed by atoms with E-state index in [1.807, 2.05) is 23.9 Å². The number of hydrogen-bond donors (Lipinski definition) is 1. The van der Waals surface area contributed by atoms with Crippen molar-refractivity contribution in [1.29, 1.82) is 0 Å². The van der Waals surface area contributed by atoms with E-state index in [-0.39, 0.29) is 11.8 Å². The maximum atomic E-state index is 12.6. The van der Waals surface area contributed by atoms with Crippen molar-refractivity contribution in [3.8, 4) is 0 Å². The normalized spacial score (nSPS) is 21.9. The number of nitrogens with zero attached hydrogens (tertiary/aromatic N) is 1. The lowest BCUT2D eigenvalue weighted by Crippen LogP contribution is -2.43. The van der Waals surface area contributed by atoms with E-state index in [2.05, 4.69) is 10.2 Å². The minimum Gasteiger partial charge on any atom is -0.355 e. The van der Waals surface area contributed by atoms with Crippen molar-refractivity contribution in [2.75, 3.05) is 25.4 Å². The van der Waals surface area contributed by atoms with E-state index in [0.29, 0.717) is 10.0 Å². The molecule has 1 aromatic rings. The number of hydrogen-bond acceptors (Lipinski definition) is 3. The summed E-state index contributed by atoms with van der Waals surface area (Å²) in [6.45, 7) is 3.39. The number of halogens is 2. The van der Waals surface area contributed by atoms with Crippen molar-refractivity contribution in [2.45, 2.75) is 56.7 Å². The highest BCUT2D eigenvalue weighted by Crippen LogP contribution is 2.28. The molecule has 0 bridgehead atoms. The Labute approximate surface area is 177 Å². The predicted molar refractivity (Wildman–Crippen MR) is 117 cm³/mol. The molecule has 0 radical (unpaired) electrons. The number of thioether (sulfide) groups is 1. The highest BCUT2D eigenvalue weighted by molar-refractivity contribution is 7.99. The van der Waals surface area contributed by atoms with Crippen LogP contribution in [0.4, 0.5) is 0 Å². The molecule has 2 aliphatic rings.